The number of para-hydroxylation sites is 1. The molecule has 2 aliphatic rings. The van der Waals surface area contributed by atoms with E-state index in [1.54, 1.807) is 0 Å². The molecule has 0 N–H and O–H groups in total. The van der Waals surface area contributed by atoms with Gasteiger partial charge in [-0.2, -0.15) is 0 Å². The molecule has 1 atom stereocenters. The van der Waals surface area contributed by atoms with Gasteiger partial charge in [0.05, 0.1) is 5.41 Å². The molecule has 0 aliphatic heterocycles. The number of fused-ring (bicyclic) bond motifs is 7. The molecule has 4 aromatic carbocycles. The van der Waals surface area contributed by atoms with Crippen LogP contribution in [0.5, 0.6) is 11.5 Å². The zero-order valence-corrected chi connectivity index (χ0v) is 21.8. The van der Waals surface area contributed by atoms with E-state index in [1.165, 1.54) is 55.7 Å². The monoisotopic (exact) mass is 468 g/mol. The lowest BCUT2D eigenvalue weighted by atomic mass is 9.68. The molecule has 1 spiro atoms. The molecule has 0 saturated carbocycles. The molecule has 0 bridgehead atoms. The van der Waals surface area contributed by atoms with Crippen molar-refractivity contribution >= 4 is 5.57 Å². The average molecular weight is 469 g/mol. The molecule has 4 aromatic rings. The predicted molar refractivity (Wildman–Crippen MR) is 151 cm³/mol. The Kier molecular flexibility index (Phi) is 5.26. The summed E-state index contributed by atoms with van der Waals surface area (Å²) in [5.74, 6) is 1.83. The van der Waals surface area contributed by atoms with E-state index in [0.29, 0.717) is 0 Å². The van der Waals surface area contributed by atoms with Gasteiger partial charge in [-0.05, 0) is 102 Å². The van der Waals surface area contributed by atoms with E-state index < -0.39 is 0 Å². The van der Waals surface area contributed by atoms with Gasteiger partial charge in [0.15, 0.2) is 0 Å². The van der Waals surface area contributed by atoms with Gasteiger partial charge in [-0.25, -0.2) is 0 Å². The fraction of sp³-hybridized carbons (Fsp3) is 0.200. The number of allylic oxidation sites excluding steroid dienone is 4. The van der Waals surface area contributed by atoms with Crippen LogP contribution < -0.4 is 4.74 Å². The van der Waals surface area contributed by atoms with Crippen molar-refractivity contribution in [2.45, 2.75) is 46.5 Å². The third-order valence-electron chi connectivity index (χ3n) is 8.08. The van der Waals surface area contributed by atoms with Gasteiger partial charge in [0.25, 0.3) is 0 Å². The second-order valence-electron chi connectivity index (χ2n) is 10.2. The van der Waals surface area contributed by atoms with Crippen LogP contribution in [0, 0.1) is 20.8 Å². The fourth-order valence-corrected chi connectivity index (χ4v) is 6.41. The van der Waals surface area contributed by atoms with Gasteiger partial charge in [0.2, 0.25) is 0 Å². The molecule has 1 nitrogen and oxygen atoms in total. The molecule has 0 heterocycles. The summed E-state index contributed by atoms with van der Waals surface area (Å²) in [6.07, 6.45) is 5.64. The SMILES string of the molecule is CC/C=C\C1=C(C)C2(c3ccccc31)c1cc(C)ccc1-c1ccc(Oc3ccccc3C)c(C)c12. The first-order chi connectivity index (χ1) is 17.5. The molecule has 2 aliphatic carbocycles. The summed E-state index contributed by atoms with van der Waals surface area (Å²) in [4.78, 5) is 0. The van der Waals surface area contributed by atoms with Crippen molar-refractivity contribution in [2.75, 3.05) is 0 Å². The van der Waals surface area contributed by atoms with Gasteiger partial charge >= 0.3 is 0 Å². The van der Waals surface area contributed by atoms with Crippen LogP contribution in [0.2, 0.25) is 0 Å². The lowest BCUT2D eigenvalue weighted by Crippen LogP contribution is -2.27. The summed E-state index contributed by atoms with van der Waals surface area (Å²) in [6.45, 7) is 11.1. The summed E-state index contributed by atoms with van der Waals surface area (Å²) in [7, 11) is 0. The largest absolute Gasteiger partial charge is 0.457 e. The number of hydrogen-bond donors (Lipinski definition) is 0. The molecule has 0 saturated heterocycles. The van der Waals surface area contributed by atoms with E-state index in [1.807, 2.05) is 6.07 Å². The van der Waals surface area contributed by atoms with Crippen LogP contribution in [0.1, 0.15) is 59.2 Å². The summed E-state index contributed by atoms with van der Waals surface area (Å²) in [5, 5.41) is 0. The van der Waals surface area contributed by atoms with Crippen LogP contribution in [-0.2, 0) is 5.41 Å². The summed E-state index contributed by atoms with van der Waals surface area (Å²) in [5.41, 5.74) is 14.2. The topological polar surface area (TPSA) is 9.23 Å². The highest BCUT2D eigenvalue weighted by Gasteiger charge is 2.52. The molecule has 1 unspecified atom stereocenters. The number of benzene rings is 4. The first kappa shape index (κ1) is 22.6. The lowest BCUT2D eigenvalue weighted by molar-refractivity contribution is 0.473. The number of aryl methyl sites for hydroxylation is 2. The third kappa shape index (κ3) is 3.02. The van der Waals surface area contributed by atoms with Gasteiger partial charge in [0, 0.05) is 0 Å². The fourth-order valence-electron chi connectivity index (χ4n) is 6.41. The highest BCUT2D eigenvalue weighted by Crippen LogP contribution is 2.63. The van der Waals surface area contributed by atoms with Gasteiger partial charge in [-0.3, -0.25) is 0 Å². The Morgan fingerprint density at radius 1 is 0.722 bits per heavy atom. The Balaban J connectivity index is 1.69. The Bertz CT molecular complexity index is 1580. The van der Waals surface area contributed by atoms with E-state index in [2.05, 4.69) is 120 Å². The third-order valence-corrected chi connectivity index (χ3v) is 8.08. The van der Waals surface area contributed by atoms with Crippen LogP contribution in [0.4, 0.5) is 0 Å². The van der Waals surface area contributed by atoms with Crippen molar-refractivity contribution in [3.8, 4) is 22.6 Å². The first-order valence-electron chi connectivity index (χ1n) is 12.9. The molecule has 178 valence electrons. The smallest absolute Gasteiger partial charge is 0.130 e. The van der Waals surface area contributed by atoms with Crippen molar-refractivity contribution < 1.29 is 4.74 Å². The number of ether oxygens (including phenoxy) is 1. The predicted octanol–water partition coefficient (Wildman–Crippen LogP) is 9.47. The van der Waals surface area contributed by atoms with Gasteiger partial charge in [-0.1, -0.05) is 91.4 Å². The Hall–Kier alpha value is -3.84. The molecule has 0 fully saturated rings. The summed E-state index contributed by atoms with van der Waals surface area (Å²) < 4.78 is 6.58. The summed E-state index contributed by atoms with van der Waals surface area (Å²) >= 11 is 0. The second-order valence-corrected chi connectivity index (χ2v) is 10.2. The lowest BCUT2D eigenvalue weighted by Gasteiger charge is -2.33. The standard InChI is InChI=1S/C35H32O/c1-6-7-13-26-25(5)35(30-15-10-9-14-27(26)30)31-21-22(2)17-18-28(31)29-19-20-33(24(4)34(29)35)36-32-16-11-8-12-23(32)3/h7-21H,6H2,1-5H3/b13-7-. The molecule has 1 heteroatoms. The Morgan fingerprint density at radius 2 is 1.47 bits per heavy atom. The minimum Gasteiger partial charge on any atom is -0.457 e. The molecule has 0 aromatic heterocycles. The zero-order chi connectivity index (χ0) is 25.0. The van der Waals surface area contributed by atoms with Crippen LogP contribution in [0.15, 0.2) is 96.6 Å². The van der Waals surface area contributed by atoms with Crippen molar-refractivity contribution in [3.05, 3.63) is 136 Å². The van der Waals surface area contributed by atoms with Crippen molar-refractivity contribution in [2.24, 2.45) is 0 Å². The van der Waals surface area contributed by atoms with Gasteiger partial charge in [-0.15, -0.1) is 0 Å². The maximum atomic E-state index is 6.58. The molecule has 36 heavy (non-hydrogen) atoms. The first-order valence-corrected chi connectivity index (χ1v) is 12.9. The summed E-state index contributed by atoms with van der Waals surface area (Å²) in [6, 6.07) is 28.6. The van der Waals surface area contributed by atoms with Crippen molar-refractivity contribution in [3.63, 3.8) is 0 Å². The van der Waals surface area contributed by atoms with Gasteiger partial charge in [0.1, 0.15) is 11.5 Å². The minimum atomic E-state index is -0.324. The van der Waals surface area contributed by atoms with E-state index in [-0.39, 0.29) is 5.41 Å². The highest BCUT2D eigenvalue weighted by molar-refractivity contribution is 5.97. The van der Waals surface area contributed by atoms with E-state index in [0.717, 1.165) is 23.5 Å². The van der Waals surface area contributed by atoms with Crippen LogP contribution in [0.3, 0.4) is 0 Å². The van der Waals surface area contributed by atoms with Crippen molar-refractivity contribution in [1.29, 1.82) is 0 Å². The maximum absolute atomic E-state index is 6.58. The molecule has 0 amide bonds. The highest BCUT2D eigenvalue weighted by atomic mass is 16.5. The Labute approximate surface area is 214 Å². The van der Waals surface area contributed by atoms with Crippen LogP contribution in [-0.4, -0.2) is 0 Å². The molecular weight excluding hydrogens is 436 g/mol. The van der Waals surface area contributed by atoms with E-state index in [4.69, 9.17) is 4.74 Å². The quantitative estimate of drug-likeness (QED) is 0.290. The van der Waals surface area contributed by atoms with E-state index >= 15 is 0 Å². The molecule has 0 radical (unpaired) electrons. The molecule has 6 rings (SSSR count). The second kappa shape index (κ2) is 8.38. The average Bonchev–Trinajstić information content (AvgIpc) is 3.31. The van der Waals surface area contributed by atoms with Gasteiger partial charge < -0.3 is 4.74 Å². The zero-order valence-electron chi connectivity index (χ0n) is 21.8. The van der Waals surface area contributed by atoms with Crippen LogP contribution in [0.25, 0.3) is 16.7 Å². The van der Waals surface area contributed by atoms with Crippen LogP contribution >= 0.6 is 0 Å². The number of rotatable bonds is 4. The van der Waals surface area contributed by atoms with E-state index in [9.17, 15) is 0 Å². The Morgan fingerprint density at radius 3 is 2.28 bits per heavy atom. The minimum absolute atomic E-state index is 0.324. The van der Waals surface area contributed by atoms with Crippen molar-refractivity contribution in [1.82, 2.24) is 0 Å². The normalized spacial score (nSPS) is 17.6. The molecular formula is C35H32O. The maximum Gasteiger partial charge on any atom is 0.130 e. The number of hydrogen-bond acceptors (Lipinski definition) is 1.